The normalized spacial score (nSPS) is 14.5. The smallest absolute Gasteiger partial charge is 0.0455 e. The van der Waals surface area contributed by atoms with Crippen molar-refractivity contribution in [3.05, 3.63) is 56.7 Å². The third-order valence-corrected chi connectivity index (χ3v) is 4.79. The Labute approximate surface area is 115 Å². The van der Waals surface area contributed by atoms with Crippen molar-refractivity contribution in [2.24, 2.45) is 5.73 Å². The molecule has 0 aliphatic heterocycles. The van der Waals surface area contributed by atoms with Gasteiger partial charge in [-0.15, -0.1) is 11.3 Å². The highest BCUT2D eigenvalue weighted by molar-refractivity contribution is 9.10. The van der Waals surface area contributed by atoms with Crippen molar-refractivity contribution in [2.45, 2.75) is 25.3 Å². The minimum absolute atomic E-state index is 0.258. The van der Waals surface area contributed by atoms with Crippen LogP contribution in [0.2, 0.25) is 0 Å². The Balaban J connectivity index is 2.26. The van der Waals surface area contributed by atoms with E-state index in [1.54, 1.807) is 11.3 Å². The molecule has 3 heteroatoms. The molecule has 0 aliphatic carbocycles. The van der Waals surface area contributed by atoms with Crippen LogP contribution in [-0.4, -0.2) is 0 Å². The van der Waals surface area contributed by atoms with E-state index in [1.165, 1.54) is 10.4 Å². The van der Waals surface area contributed by atoms with Gasteiger partial charge in [0.2, 0.25) is 0 Å². The van der Waals surface area contributed by atoms with Crippen LogP contribution in [0.25, 0.3) is 0 Å². The van der Waals surface area contributed by atoms with Crippen LogP contribution in [0.4, 0.5) is 0 Å². The third-order valence-electron chi connectivity index (χ3n) is 3.09. The number of hydrogen-bond donors (Lipinski definition) is 1. The van der Waals surface area contributed by atoms with Gasteiger partial charge in [-0.2, -0.15) is 0 Å². The topological polar surface area (TPSA) is 26.0 Å². The fraction of sp³-hybridized carbons (Fsp3) is 0.286. The van der Waals surface area contributed by atoms with Gasteiger partial charge in [0.25, 0.3) is 0 Å². The fourth-order valence-electron chi connectivity index (χ4n) is 1.96. The molecule has 2 aromatic rings. The number of halogens is 1. The first-order chi connectivity index (χ1) is 8.14. The Morgan fingerprint density at radius 3 is 2.53 bits per heavy atom. The maximum absolute atomic E-state index is 6.55. The Kier molecular flexibility index (Phi) is 4.02. The SMILES string of the molecule is CCC(N)(Cc1cc(Br)cs1)c1ccccc1. The van der Waals surface area contributed by atoms with E-state index >= 15 is 0 Å². The summed E-state index contributed by atoms with van der Waals surface area (Å²) in [5, 5.41) is 2.11. The van der Waals surface area contributed by atoms with E-state index in [-0.39, 0.29) is 5.54 Å². The first-order valence-electron chi connectivity index (χ1n) is 5.71. The largest absolute Gasteiger partial charge is 0.321 e. The molecule has 0 amide bonds. The van der Waals surface area contributed by atoms with Crippen molar-refractivity contribution < 1.29 is 0 Å². The van der Waals surface area contributed by atoms with E-state index in [0.717, 1.165) is 17.3 Å². The minimum atomic E-state index is -0.258. The van der Waals surface area contributed by atoms with E-state index < -0.39 is 0 Å². The summed E-state index contributed by atoms with van der Waals surface area (Å²) in [5.74, 6) is 0. The van der Waals surface area contributed by atoms with Gasteiger partial charge in [-0.05, 0) is 34.0 Å². The van der Waals surface area contributed by atoms with E-state index in [9.17, 15) is 0 Å². The molecule has 90 valence electrons. The number of thiophene rings is 1. The summed E-state index contributed by atoms with van der Waals surface area (Å²) in [7, 11) is 0. The second-order valence-electron chi connectivity index (χ2n) is 4.28. The van der Waals surface area contributed by atoms with Gasteiger partial charge in [0.05, 0.1) is 0 Å². The van der Waals surface area contributed by atoms with Gasteiger partial charge >= 0.3 is 0 Å². The number of benzene rings is 1. The van der Waals surface area contributed by atoms with E-state index in [4.69, 9.17) is 5.73 Å². The molecule has 0 radical (unpaired) electrons. The maximum atomic E-state index is 6.55. The molecule has 0 saturated carbocycles. The van der Waals surface area contributed by atoms with Gasteiger partial charge in [0, 0.05) is 26.7 Å². The fourth-order valence-corrected chi connectivity index (χ4v) is 3.53. The molecule has 2 N–H and O–H groups in total. The molecular weight excluding hydrogens is 294 g/mol. The van der Waals surface area contributed by atoms with Gasteiger partial charge in [0.15, 0.2) is 0 Å². The Morgan fingerprint density at radius 2 is 2.00 bits per heavy atom. The molecule has 0 fully saturated rings. The van der Waals surface area contributed by atoms with Crippen LogP contribution in [0.1, 0.15) is 23.8 Å². The van der Waals surface area contributed by atoms with E-state index in [0.29, 0.717) is 0 Å². The molecule has 1 atom stereocenters. The molecule has 1 nitrogen and oxygen atoms in total. The molecule has 17 heavy (non-hydrogen) atoms. The Bertz CT molecular complexity index is 480. The molecule has 1 aromatic carbocycles. The van der Waals surface area contributed by atoms with Crippen LogP contribution in [0.5, 0.6) is 0 Å². The number of hydrogen-bond acceptors (Lipinski definition) is 2. The molecule has 0 bridgehead atoms. The van der Waals surface area contributed by atoms with Crippen molar-refractivity contribution >= 4 is 27.3 Å². The van der Waals surface area contributed by atoms with Crippen molar-refractivity contribution in [1.29, 1.82) is 0 Å². The zero-order valence-electron chi connectivity index (χ0n) is 9.82. The number of rotatable bonds is 4. The Morgan fingerprint density at radius 1 is 1.29 bits per heavy atom. The second-order valence-corrected chi connectivity index (χ2v) is 6.20. The van der Waals surface area contributed by atoms with Crippen molar-refractivity contribution in [3.63, 3.8) is 0 Å². The van der Waals surface area contributed by atoms with Crippen molar-refractivity contribution in [3.8, 4) is 0 Å². The first kappa shape index (κ1) is 12.8. The third kappa shape index (κ3) is 2.97. The lowest BCUT2D eigenvalue weighted by Gasteiger charge is -2.28. The molecule has 0 aliphatic rings. The summed E-state index contributed by atoms with van der Waals surface area (Å²) < 4.78 is 1.14. The molecule has 2 rings (SSSR count). The molecule has 0 saturated heterocycles. The van der Waals surface area contributed by atoms with Gasteiger partial charge in [0.1, 0.15) is 0 Å². The van der Waals surface area contributed by atoms with Gasteiger partial charge < -0.3 is 5.73 Å². The summed E-state index contributed by atoms with van der Waals surface area (Å²) >= 11 is 5.25. The maximum Gasteiger partial charge on any atom is 0.0455 e. The second kappa shape index (κ2) is 5.34. The Hall–Kier alpha value is -0.640. The monoisotopic (exact) mass is 309 g/mol. The molecule has 1 unspecified atom stereocenters. The predicted octanol–water partition coefficient (Wildman–Crippen LogP) is 4.32. The zero-order chi connectivity index (χ0) is 12.3. The summed E-state index contributed by atoms with van der Waals surface area (Å²) in [6, 6.07) is 12.5. The average Bonchev–Trinajstić information content (AvgIpc) is 2.75. The van der Waals surface area contributed by atoms with Crippen LogP contribution in [0.3, 0.4) is 0 Å². The average molecular weight is 310 g/mol. The van der Waals surface area contributed by atoms with Crippen LogP contribution in [0.15, 0.2) is 46.3 Å². The highest BCUT2D eigenvalue weighted by atomic mass is 79.9. The van der Waals surface area contributed by atoms with Crippen LogP contribution in [0, 0.1) is 0 Å². The molecule has 1 aromatic heterocycles. The summed E-state index contributed by atoms with van der Waals surface area (Å²) in [6.07, 6.45) is 1.83. The van der Waals surface area contributed by atoms with Gasteiger partial charge in [-0.1, -0.05) is 37.3 Å². The summed E-state index contributed by atoms with van der Waals surface area (Å²) in [5.41, 5.74) is 7.51. The lowest BCUT2D eigenvalue weighted by Crippen LogP contribution is -2.38. The van der Waals surface area contributed by atoms with Crippen LogP contribution < -0.4 is 5.73 Å². The zero-order valence-corrected chi connectivity index (χ0v) is 12.2. The lowest BCUT2D eigenvalue weighted by atomic mass is 9.85. The van der Waals surface area contributed by atoms with Crippen LogP contribution >= 0.6 is 27.3 Å². The lowest BCUT2D eigenvalue weighted by molar-refractivity contribution is 0.428. The van der Waals surface area contributed by atoms with Crippen LogP contribution in [-0.2, 0) is 12.0 Å². The number of nitrogens with two attached hydrogens (primary N) is 1. The first-order valence-corrected chi connectivity index (χ1v) is 7.38. The molecular formula is C14H16BrNS. The van der Waals surface area contributed by atoms with E-state index in [1.807, 2.05) is 6.07 Å². The van der Waals surface area contributed by atoms with Crippen molar-refractivity contribution in [2.75, 3.05) is 0 Å². The highest BCUT2D eigenvalue weighted by Crippen LogP contribution is 2.30. The van der Waals surface area contributed by atoms with Crippen molar-refractivity contribution in [1.82, 2.24) is 0 Å². The predicted molar refractivity (Wildman–Crippen MR) is 78.3 cm³/mol. The quantitative estimate of drug-likeness (QED) is 0.894. The minimum Gasteiger partial charge on any atom is -0.321 e. The van der Waals surface area contributed by atoms with E-state index in [2.05, 4.69) is 58.6 Å². The summed E-state index contributed by atoms with van der Waals surface area (Å²) in [4.78, 5) is 1.32. The molecule has 1 heterocycles. The highest BCUT2D eigenvalue weighted by Gasteiger charge is 2.25. The standard InChI is InChI=1S/C14H16BrNS/c1-2-14(16,11-6-4-3-5-7-11)9-13-8-12(15)10-17-13/h3-8,10H,2,9,16H2,1H3. The van der Waals surface area contributed by atoms with Gasteiger partial charge in [-0.3, -0.25) is 0 Å². The van der Waals surface area contributed by atoms with Gasteiger partial charge in [-0.25, -0.2) is 0 Å². The molecule has 0 spiro atoms. The summed E-state index contributed by atoms with van der Waals surface area (Å²) in [6.45, 7) is 2.15.